The lowest BCUT2D eigenvalue weighted by Crippen LogP contribution is -2.41. The van der Waals surface area contributed by atoms with Crippen molar-refractivity contribution in [2.24, 2.45) is 0 Å². The Kier molecular flexibility index (Phi) is 3.53. The van der Waals surface area contributed by atoms with E-state index in [-0.39, 0.29) is 11.2 Å². The zero-order valence-corrected chi connectivity index (χ0v) is 13.6. The largest absolute Gasteiger partial charge is 0.514 e. The Morgan fingerprint density at radius 2 is 1.81 bits per heavy atom. The molecule has 1 aliphatic heterocycles. The quantitative estimate of drug-likeness (QED) is 0.798. The summed E-state index contributed by atoms with van der Waals surface area (Å²) in [6, 6.07) is 3.98. The minimum atomic E-state index is -0.428. The van der Waals surface area contributed by atoms with Crippen LogP contribution < -0.4 is 10.3 Å². The normalized spacial score (nSPS) is 23.4. The van der Waals surface area contributed by atoms with Crippen molar-refractivity contribution in [1.82, 2.24) is 4.98 Å². The first-order chi connectivity index (χ1) is 9.80. The maximum absolute atomic E-state index is 6.08. The molecule has 21 heavy (non-hydrogen) atoms. The summed E-state index contributed by atoms with van der Waals surface area (Å²) in [5.74, 6) is 0.883. The van der Waals surface area contributed by atoms with E-state index in [1.54, 1.807) is 0 Å². The summed E-state index contributed by atoms with van der Waals surface area (Å²) >= 11 is 0. The number of hydrogen-bond donors (Lipinski definition) is 0. The first kappa shape index (κ1) is 14.9. The first-order valence-corrected chi connectivity index (χ1v) is 7.84. The van der Waals surface area contributed by atoms with Crippen molar-refractivity contribution in [2.45, 2.75) is 71.2 Å². The summed E-state index contributed by atoms with van der Waals surface area (Å²) in [5.41, 5.74) is 1.12. The van der Waals surface area contributed by atoms with E-state index in [2.05, 4.69) is 39.6 Å². The summed E-state index contributed by atoms with van der Waals surface area (Å²) in [5, 5.41) is 0. The van der Waals surface area contributed by atoms with Crippen LogP contribution in [0.5, 0.6) is 5.75 Å². The molecule has 0 amide bonds. The molecule has 0 atom stereocenters. The van der Waals surface area contributed by atoms with Crippen LogP contribution in [0.3, 0.4) is 0 Å². The van der Waals surface area contributed by atoms with Gasteiger partial charge in [-0.1, -0.05) is 6.92 Å². The van der Waals surface area contributed by atoms with E-state index in [1.807, 2.05) is 12.1 Å². The van der Waals surface area contributed by atoms with Gasteiger partial charge in [-0.05, 0) is 53.0 Å². The lowest BCUT2D eigenvalue weighted by Gasteiger charge is -2.32. The van der Waals surface area contributed by atoms with Gasteiger partial charge in [-0.3, -0.25) is 4.98 Å². The van der Waals surface area contributed by atoms with Gasteiger partial charge in [0.1, 0.15) is 5.75 Å². The van der Waals surface area contributed by atoms with E-state index < -0.39 is 7.12 Å². The molecule has 4 nitrogen and oxygen atoms in total. The molecule has 1 saturated carbocycles. The van der Waals surface area contributed by atoms with Crippen LogP contribution in [-0.4, -0.2) is 29.4 Å². The summed E-state index contributed by atoms with van der Waals surface area (Å²) in [6.45, 7) is 10.3. The van der Waals surface area contributed by atoms with Gasteiger partial charge in [0.25, 0.3) is 0 Å². The number of aromatic nitrogens is 1. The van der Waals surface area contributed by atoms with Crippen molar-refractivity contribution in [3.05, 3.63) is 17.8 Å². The van der Waals surface area contributed by atoms with Crippen molar-refractivity contribution in [2.75, 3.05) is 0 Å². The fourth-order valence-corrected chi connectivity index (χ4v) is 2.29. The van der Waals surface area contributed by atoms with E-state index in [1.165, 1.54) is 0 Å². The highest BCUT2D eigenvalue weighted by molar-refractivity contribution is 6.61. The zero-order valence-electron chi connectivity index (χ0n) is 13.6. The van der Waals surface area contributed by atoms with Crippen LogP contribution in [0.1, 0.15) is 53.2 Å². The topological polar surface area (TPSA) is 40.6 Å². The van der Waals surface area contributed by atoms with E-state index in [0.29, 0.717) is 6.10 Å². The first-order valence-electron chi connectivity index (χ1n) is 7.84. The minimum absolute atomic E-state index is 0.348. The maximum atomic E-state index is 6.08. The van der Waals surface area contributed by atoms with Crippen LogP contribution >= 0.6 is 0 Å². The zero-order chi connectivity index (χ0) is 15.3. The summed E-state index contributed by atoms with van der Waals surface area (Å²) < 4.78 is 18.1. The van der Waals surface area contributed by atoms with Crippen LogP contribution in [0.25, 0.3) is 0 Å². The molecule has 0 spiro atoms. The Balaban J connectivity index is 1.87. The molecule has 0 N–H and O–H groups in total. The molecule has 1 aromatic heterocycles. The van der Waals surface area contributed by atoms with Crippen LogP contribution in [0.4, 0.5) is 0 Å². The molecular weight excluding hydrogens is 265 g/mol. The van der Waals surface area contributed by atoms with Crippen molar-refractivity contribution in [3.8, 4) is 5.75 Å². The Morgan fingerprint density at radius 3 is 2.33 bits per heavy atom. The number of nitrogens with zero attached hydrogens (tertiary/aromatic N) is 1. The summed E-state index contributed by atoms with van der Waals surface area (Å²) in [4.78, 5) is 4.66. The van der Waals surface area contributed by atoms with E-state index >= 15 is 0 Å². The summed E-state index contributed by atoms with van der Waals surface area (Å²) in [6.07, 6.45) is 3.54. The number of rotatable bonds is 4. The molecule has 1 aromatic rings. The lowest BCUT2D eigenvalue weighted by molar-refractivity contribution is 0.00578. The van der Waals surface area contributed by atoms with Crippen molar-refractivity contribution >= 4 is 12.7 Å². The third kappa shape index (κ3) is 2.95. The van der Waals surface area contributed by atoms with Gasteiger partial charge in [0.15, 0.2) is 0 Å². The molecule has 2 aliphatic rings. The molecule has 1 saturated heterocycles. The van der Waals surface area contributed by atoms with Gasteiger partial charge in [-0.25, -0.2) is 0 Å². The minimum Gasteiger partial charge on any atom is -0.490 e. The second kappa shape index (κ2) is 4.99. The van der Waals surface area contributed by atoms with E-state index in [0.717, 1.165) is 36.3 Å². The highest BCUT2D eigenvalue weighted by atomic mass is 16.7. The lowest BCUT2D eigenvalue weighted by atomic mass is 9.84. The van der Waals surface area contributed by atoms with Gasteiger partial charge in [0.2, 0.25) is 0 Å². The number of pyridine rings is 1. The molecule has 1 aliphatic carbocycles. The predicted molar refractivity (Wildman–Crippen MR) is 83.0 cm³/mol. The monoisotopic (exact) mass is 289 g/mol. The molecule has 3 rings (SSSR count). The highest BCUT2D eigenvalue weighted by Crippen LogP contribution is 2.36. The molecule has 0 bridgehead atoms. The standard InChI is InChI=1S/C16H24BNO3/c1-6-11-9-13(19-12-7-8-12)10-14(18-11)17-20-15(2,3)16(4,5)21-17/h9-10,12H,6-8H2,1-5H3. The van der Waals surface area contributed by atoms with Gasteiger partial charge >= 0.3 is 7.12 Å². The van der Waals surface area contributed by atoms with Gasteiger partial charge in [0.05, 0.1) is 22.9 Å². The van der Waals surface area contributed by atoms with Crippen molar-refractivity contribution in [1.29, 1.82) is 0 Å². The van der Waals surface area contributed by atoms with Gasteiger partial charge in [-0.2, -0.15) is 0 Å². The van der Waals surface area contributed by atoms with E-state index in [9.17, 15) is 0 Å². The Labute approximate surface area is 127 Å². The Morgan fingerprint density at radius 1 is 1.19 bits per heavy atom. The number of hydrogen-bond acceptors (Lipinski definition) is 4. The maximum Gasteiger partial charge on any atom is 0.514 e. The summed E-state index contributed by atoms with van der Waals surface area (Å²) in [7, 11) is -0.428. The van der Waals surface area contributed by atoms with Crippen LogP contribution in [-0.2, 0) is 15.7 Å². The fourth-order valence-electron chi connectivity index (χ4n) is 2.29. The average molecular weight is 289 g/mol. The highest BCUT2D eigenvalue weighted by Gasteiger charge is 2.52. The van der Waals surface area contributed by atoms with Crippen molar-refractivity contribution < 1.29 is 14.0 Å². The molecule has 0 unspecified atom stereocenters. The Hall–Kier alpha value is -1.07. The average Bonchev–Trinajstić information content (AvgIpc) is 3.16. The molecule has 0 aromatic carbocycles. The molecular formula is C16H24BNO3. The second-order valence-corrected chi connectivity index (χ2v) is 6.98. The third-order valence-electron chi connectivity index (χ3n) is 4.56. The predicted octanol–water partition coefficient (Wildman–Crippen LogP) is 2.48. The number of aryl methyl sites for hydroxylation is 1. The second-order valence-electron chi connectivity index (χ2n) is 6.98. The fraction of sp³-hybridized carbons (Fsp3) is 0.688. The smallest absolute Gasteiger partial charge is 0.490 e. The SMILES string of the molecule is CCc1cc(OC2CC2)cc(B2OC(C)(C)C(C)(C)O2)n1. The van der Waals surface area contributed by atoms with Crippen LogP contribution in [0.15, 0.2) is 12.1 Å². The molecule has 2 fully saturated rings. The van der Waals surface area contributed by atoms with Gasteiger partial charge in [-0.15, -0.1) is 0 Å². The third-order valence-corrected chi connectivity index (χ3v) is 4.56. The molecule has 2 heterocycles. The molecule has 5 heteroatoms. The number of ether oxygens (including phenoxy) is 1. The van der Waals surface area contributed by atoms with Gasteiger partial charge in [0, 0.05) is 11.8 Å². The van der Waals surface area contributed by atoms with Crippen LogP contribution in [0, 0.1) is 0 Å². The molecule has 0 radical (unpaired) electrons. The van der Waals surface area contributed by atoms with Crippen LogP contribution in [0.2, 0.25) is 0 Å². The van der Waals surface area contributed by atoms with E-state index in [4.69, 9.17) is 14.0 Å². The Bertz CT molecular complexity index is 524. The van der Waals surface area contributed by atoms with Gasteiger partial charge < -0.3 is 14.0 Å². The molecule has 114 valence electrons. The van der Waals surface area contributed by atoms with Crippen molar-refractivity contribution in [3.63, 3.8) is 0 Å².